The highest BCUT2D eigenvalue weighted by Gasteiger charge is 2.32. The molecule has 0 aromatic heterocycles. The van der Waals surface area contributed by atoms with Gasteiger partial charge in [0.15, 0.2) is 9.84 Å². The number of benzene rings is 1. The van der Waals surface area contributed by atoms with Gasteiger partial charge in [-0.3, -0.25) is 9.59 Å². The quantitative estimate of drug-likeness (QED) is 0.775. The lowest BCUT2D eigenvalue weighted by Crippen LogP contribution is -2.40. The molecule has 1 aromatic rings. The molecular weight excluding hydrogens is 342 g/mol. The van der Waals surface area contributed by atoms with Gasteiger partial charge in [-0.25, -0.2) is 8.42 Å². The number of rotatable bonds is 5. The van der Waals surface area contributed by atoms with E-state index >= 15 is 0 Å². The van der Waals surface area contributed by atoms with Crippen molar-refractivity contribution in [1.29, 1.82) is 5.26 Å². The maximum Gasteiger partial charge on any atom is 0.224 e. The lowest BCUT2D eigenvalue weighted by molar-refractivity contribution is -0.131. The van der Waals surface area contributed by atoms with Gasteiger partial charge >= 0.3 is 0 Å². The third kappa shape index (κ3) is 4.57. The maximum absolute atomic E-state index is 12.4. The summed E-state index contributed by atoms with van der Waals surface area (Å²) >= 11 is 0. The molecule has 0 spiro atoms. The van der Waals surface area contributed by atoms with Crippen LogP contribution < -0.4 is 4.90 Å². The van der Waals surface area contributed by atoms with E-state index < -0.39 is 9.84 Å². The molecule has 0 bridgehead atoms. The standard InChI is InChI=1S/C17H21N3O4S/c1-13(21)20(16-6-4-3-5-14(16)11-18)9-7-17(22)19(2)15-8-10-25(23,24)12-15/h3-6,15H,7-10,12H2,1-2H3. The second kappa shape index (κ2) is 7.66. The van der Waals surface area contributed by atoms with Crippen molar-refractivity contribution in [2.75, 3.05) is 30.0 Å². The van der Waals surface area contributed by atoms with E-state index in [4.69, 9.17) is 0 Å². The van der Waals surface area contributed by atoms with Gasteiger partial charge in [0, 0.05) is 33.0 Å². The molecule has 7 nitrogen and oxygen atoms in total. The van der Waals surface area contributed by atoms with Crippen LogP contribution in [0.3, 0.4) is 0 Å². The summed E-state index contributed by atoms with van der Waals surface area (Å²) in [5.74, 6) is -0.391. The second-order valence-corrected chi connectivity index (χ2v) is 8.34. The molecule has 1 unspecified atom stereocenters. The molecule has 1 aromatic carbocycles. The van der Waals surface area contributed by atoms with E-state index in [1.807, 2.05) is 6.07 Å². The summed E-state index contributed by atoms with van der Waals surface area (Å²) in [5, 5.41) is 9.19. The van der Waals surface area contributed by atoms with Gasteiger partial charge in [-0.05, 0) is 18.6 Å². The number of amides is 2. The Morgan fingerprint density at radius 2 is 2.00 bits per heavy atom. The first-order chi connectivity index (χ1) is 11.7. The number of carbonyl (C=O) groups is 2. The average molecular weight is 363 g/mol. The van der Waals surface area contributed by atoms with Crippen molar-refractivity contribution in [2.24, 2.45) is 0 Å². The molecule has 0 aliphatic carbocycles. The van der Waals surface area contributed by atoms with E-state index in [9.17, 15) is 23.3 Å². The number of carbonyl (C=O) groups excluding carboxylic acids is 2. The van der Waals surface area contributed by atoms with E-state index in [1.165, 1.54) is 16.7 Å². The molecular formula is C17H21N3O4S. The summed E-state index contributed by atoms with van der Waals surface area (Å²) in [6.07, 6.45) is 0.505. The van der Waals surface area contributed by atoms with Crippen LogP contribution in [0.15, 0.2) is 24.3 Å². The topological polar surface area (TPSA) is 98.6 Å². The van der Waals surface area contributed by atoms with Crippen molar-refractivity contribution in [3.63, 3.8) is 0 Å². The maximum atomic E-state index is 12.4. The Hall–Kier alpha value is -2.40. The molecule has 0 radical (unpaired) electrons. The monoisotopic (exact) mass is 363 g/mol. The minimum absolute atomic E-state index is 0.0110. The zero-order valence-electron chi connectivity index (χ0n) is 14.3. The summed E-state index contributed by atoms with van der Waals surface area (Å²) in [6, 6.07) is 8.44. The minimum Gasteiger partial charge on any atom is -0.342 e. The highest BCUT2D eigenvalue weighted by Crippen LogP contribution is 2.21. The molecule has 1 atom stereocenters. The summed E-state index contributed by atoms with van der Waals surface area (Å²) in [7, 11) is -1.47. The van der Waals surface area contributed by atoms with Gasteiger partial charge in [0.2, 0.25) is 11.8 Å². The predicted octanol–water partition coefficient (Wildman–Crippen LogP) is 0.947. The second-order valence-electron chi connectivity index (χ2n) is 6.11. The molecule has 134 valence electrons. The SMILES string of the molecule is CC(=O)N(CCC(=O)N(C)C1CCS(=O)(=O)C1)c1ccccc1C#N. The Morgan fingerprint density at radius 1 is 1.32 bits per heavy atom. The zero-order chi connectivity index (χ0) is 18.6. The van der Waals surface area contributed by atoms with Crippen LogP contribution in [0.2, 0.25) is 0 Å². The molecule has 1 aliphatic heterocycles. The first kappa shape index (κ1) is 18.9. The van der Waals surface area contributed by atoms with Gasteiger partial charge < -0.3 is 9.80 Å². The Bertz CT molecular complexity index is 813. The van der Waals surface area contributed by atoms with Crippen LogP contribution in [-0.2, 0) is 19.4 Å². The van der Waals surface area contributed by atoms with Crippen LogP contribution in [0.4, 0.5) is 5.69 Å². The lowest BCUT2D eigenvalue weighted by atomic mass is 10.1. The molecule has 1 fully saturated rings. The number of hydrogen-bond acceptors (Lipinski definition) is 5. The van der Waals surface area contributed by atoms with E-state index in [2.05, 4.69) is 0 Å². The normalized spacial score (nSPS) is 18.4. The molecule has 25 heavy (non-hydrogen) atoms. The van der Waals surface area contributed by atoms with Crippen LogP contribution in [0.25, 0.3) is 0 Å². The van der Waals surface area contributed by atoms with Gasteiger partial charge in [-0.15, -0.1) is 0 Å². The van der Waals surface area contributed by atoms with Crippen LogP contribution in [0, 0.1) is 11.3 Å². The van der Waals surface area contributed by atoms with Crippen molar-refractivity contribution in [2.45, 2.75) is 25.8 Å². The summed E-state index contributed by atoms with van der Waals surface area (Å²) < 4.78 is 23.1. The molecule has 1 saturated heterocycles. The number of sulfone groups is 1. The smallest absolute Gasteiger partial charge is 0.224 e. The molecule has 2 amide bonds. The summed E-state index contributed by atoms with van der Waals surface area (Å²) in [6.45, 7) is 1.52. The van der Waals surface area contributed by atoms with Crippen LogP contribution in [-0.4, -0.2) is 56.3 Å². The third-order valence-corrected chi connectivity index (χ3v) is 6.14. The molecule has 0 saturated carbocycles. The van der Waals surface area contributed by atoms with E-state index in [0.29, 0.717) is 17.7 Å². The van der Waals surface area contributed by atoms with Gasteiger partial charge in [0.1, 0.15) is 6.07 Å². The van der Waals surface area contributed by atoms with Crippen molar-refractivity contribution < 1.29 is 18.0 Å². The van der Waals surface area contributed by atoms with Gasteiger partial charge in [0.25, 0.3) is 0 Å². The van der Waals surface area contributed by atoms with Crippen molar-refractivity contribution in [3.05, 3.63) is 29.8 Å². The fraction of sp³-hybridized carbons (Fsp3) is 0.471. The van der Waals surface area contributed by atoms with Gasteiger partial charge in [-0.2, -0.15) is 5.26 Å². The minimum atomic E-state index is -3.07. The predicted molar refractivity (Wildman–Crippen MR) is 93.6 cm³/mol. The zero-order valence-corrected chi connectivity index (χ0v) is 15.1. The lowest BCUT2D eigenvalue weighted by Gasteiger charge is -2.26. The Labute approximate surface area is 147 Å². The molecule has 1 heterocycles. The number of nitrogens with zero attached hydrogens (tertiary/aromatic N) is 3. The summed E-state index contributed by atoms with van der Waals surface area (Å²) in [5.41, 5.74) is 0.830. The molecule has 8 heteroatoms. The van der Waals surface area contributed by atoms with Gasteiger partial charge in [-0.1, -0.05) is 12.1 Å². The molecule has 2 rings (SSSR count). The highest BCUT2D eigenvalue weighted by atomic mass is 32.2. The Morgan fingerprint density at radius 3 is 2.56 bits per heavy atom. The average Bonchev–Trinajstić information content (AvgIpc) is 2.94. The largest absolute Gasteiger partial charge is 0.342 e. The Balaban J connectivity index is 2.05. The van der Waals surface area contributed by atoms with Crippen LogP contribution >= 0.6 is 0 Å². The van der Waals surface area contributed by atoms with E-state index in [-0.39, 0.29) is 42.3 Å². The van der Waals surface area contributed by atoms with E-state index in [1.54, 1.807) is 31.3 Å². The van der Waals surface area contributed by atoms with Crippen molar-refractivity contribution in [3.8, 4) is 6.07 Å². The first-order valence-corrected chi connectivity index (χ1v) is 9.80. The fourth-order valence-corrected chi connectivity index (χ4v) is 4.69. The van der Waals surface area contributed by atoms with Crippen LogP contribution in [0.5, 0.6) is 0 Å². The van der Waals surface area contributed by atoms with Gasteiger partial charge in [0.05, 0.1) is 22.8 Å². The summed E-state index contributed by atoms with van der Waals surface area (Å²) in [4.78, 5) is 27.2. The number of hydrogen-bond donors (Lipinski definition) is 0. The van der Waals surface area contributed by atoms with Crippen molar-refractivity contribution >= 4 is 27.3 Å². The molecule has 1 aliphatic rings. The van der Waals surface area contributed by atoms with Crippen molar-refractivity contribution in [1.82, 2.24) is 4.90 Å². The molecule has 0 N–H and O–H groups in total. The number of anilines is 1. The number of nitriles is 1. The van der Waals surface area contributed by atoms with Crippen LogP contribution in [0.1, 0.15) is 25.3 Å². The fourth-order valence-electron chi connectivity index (χ4n) is 2.92. The highest BCUT2D eigenvalue weighted by molar-refractivity contribution is 7.91. The first-order valence-electron chi connectivity index (χ1n) is 7.98. The van der Waals surface area contributed by atoms with E-state index in [0.717, 1.165) is 0 Å². The number of para-hydroxylation sites is 1. The third-order valence-electron chi connectivity index (χ3n) is 4.39. The Kier molecular flexibility index (Phi) is 5.80.